The van der Waals surface area contributed by atoms with Crippen molar-refractivity contribution in [2.24, 2.45) is 0 Å². The summed E-state index contributed by atoms with van der Waals surface area (Å²) in [6.07, 6.45) is -9.01. The molecule has 0 radical (unpaired) electrons. The number of carbonyl (C=O) groups excluding carboxylic acids is 4. The van der Waals surface area contributed by atoms with E-state index in [1.165, 1.54) is 0 Å². The summed E-state index contributed by atoms with van der Waals surface area (Å²) in [5.41, 5.74) is -6.55. The van der Waals surface area contributed by atoms with Gasteiger partial charge in [0.2, 0.25) is 17.3 Å². The van der Waals surface area contributed by atoms with Crippen LogP contribution in [-0.4, -0.2) is 120 Å². The molecule has 0 aliphatic heterocycles. The average molecular weight is 636 g/mol. The number of ether oxygens (including phenoxy) is 1. The molecule has 0 heterocycles. The van der Waals surface area contributed by atoms with Gasteiger partial charge >= 0.3 is 5.97 Å². The summed E-state index contributed by atoms with van der Waals surface area (Å²) in [7, 11) is 0. The van der Waals surface area contributed by atoms with Crippen molar-refractivity contribution in [2.75, 3.05) is 6.61 Å². The monoisotopic (exact) mass is 636 g/mol. The lowest BCUT2D eigenvalue weighted by atomic mass is 9.77. The van der Waals surface area contributed by atoms with Gasteiger partial charge < -0.3 is 71.1 Å². The fourth-order valence-corrected chi connectivity index (χ4v) is 3.94. The molecule has 18 heteroatoms. The molecule has 0 amide bonds. The smallest absolute Gasteiger partial charge is 0.338 e. The number of ketones is 3. The summed E-state index contributed by atoms with van der Waals surface area (Å²) in [5.74, 6) is -17.2. The van der Waals surface area contributed by atoms with E-state index in [9.17, 15) is 85.6 Å². The van der Waals surface area contributed by atoms with Crippen molar-refractivity contribution in [1.82, 2.24) is 0 Å². The lowest BCUT2D eigenvalue weighted by molar-refractivity contribution is -0.165. The van der Waals surface area contributed by atoms with E-state index in [1.54, 1.807) is 0 Å². The number of aliphatic hydroxyl groups excluding tert-OH is 3. The van der Waals surface area contributed by atoms with E-state index in [4.69, 9.17) is 0 Å². The minimum absolute atomic E-state index is 0.389. The van der Waals surface area contributed by atoms with Crippen LogP contribution in [0.5, 0.6) is 51.7 Å². The molecule has 18 nitrogen and oxygen atoms in total. The first-order chi connectivity index (χ1) is 20.8. The molecule has 3 aromatic carbocycles. The Labute approximate surface area is 249 Å². The molecule has 3 aromatic rings. The van der Waals surface area contributed by atoms with Gasteiger partial charge in [-0.3, -0.25) is 14.4 Å². The molecule has 0 saturated carbocycles. The molecular weight excluding hydrogens is 612 g/mol. The van der Waals surface area contributed by atoms with Gasteiger partial charge in [-0.25, -0.2) is 4.79 Å². The Bertz CT molecular complexity index is 1630. The van der Waals surface area contributed by atoms with E-state index >= 15 is 0 Å². The minimum atomic E-state index is -4.00. The van der Waals surface area contributed by atoms with Crippen molar-refractivity contribution in [2.45, 2.75) is 23.9 Å². The van der Waals surface area contributed by atoms with Gasteiger partial charge in [0.1, 0.15) is 18.8 Å². The van der Waals surface area contributed by atoms with Crippen LogP contribution in [0.4, 0.5) is 0 Å². The molecule has 13 N–H and O–H groups in total. The molecule has 0 aliphatic rings. The number of rotatable bonds is 11. The van der Waals surface area contributed by atoms with Gasteiger partial charge in [0.25, 0.3) is 0 Å². The normalized spacial score (nSPS) is 14.5. The number of Topliss-reactive ketones (excluding diaryl/α,β-unsaturated/α-hetero) is 3. The zero-order valence-corrected chi connectivity index (χ0v) is 22.3. The Kier molecular flexibility index (Phi) is 9.30. The number of phenolic OH excluding ortho intramolecular Hbond substituents is 9. The number of esters is 1. The minimum Gasteiger partial charge on any atom is -0.504 e. The highest BCUT2D eigenvalue weighted by Gasteiger charge is 2.56. The van der Waals surface area contributed by atoms with Crippen LogP contribution in [0.2, 0.25) is 0 Å². The number of hydrogen-bond acceptors (Lipinski definition) is 18. The third-order valence-electron chi connectivity index (χ3n) is 6.42. The standard InChI is InChI=1S/C27H24O18/c28-11-1-8(2-12(29)19(11)36)18(35)22(39)25(42)27(44,23(40)9-3-13(30)20(37)14(31)4-9)24(41)17(34)7-45-26(43)10-5-15(32)21(38)16(33)6-10/h1-6,17,24-25,28-34,36-38,41-42,44H,7H2/t17-,24-,25+,27+/m1/s1. The summed E-state index contributed by atoms with van der Waals surface area (Å²) in [4.78, 5) is 51.5. The molecular formula is C27H24O18. The van der Waals surface area contributed by atoms with Crippen LogP contribution in [-0.2, 0) is 9.53 Å². The van der Waals surface area contributed by atoms with Gasteiger partial charge in [0, 0.05) is 11.1 Å². The molecule has 4 atom stereocenters. The van der Waals surface area contributed by atoms with Crippen molar-refractivity contribution in [3.63, 3.8) is 0 Å². The number of carbonyl (C=O) groups is 4. The van der Waals surface area contributed by atoms with E-state index < -0.39 is 122 Å². The SMILES string of the molecule is O=C(OC[C@@H](O)[C@@H](O)[C@@](O)(C(=O)c1cc(O)c(O)c(O)c1)[C@@H](O)C(=O)C(=O)c1cc(O)c(O)c(O)c1)c1cc(O)c(O)c(O)c1. The summed E-state index contributed by atoms with van der Waals surface area (Å²) >= 11 is 0. The molecule has 0 fully saturated rings. The topological polar surface area (TPSA) is 341 Å². The van der Waals surface area contributed by atoms with Crippen LogP contribution in [0.3, 0.4) is 0 Å². The predicted octanol–water partition coefficient (Wildman–Crippen LogP) is -1.66. The fraction of sp³-hybridized carbons (Fsp3) is 0.185. The van der Waals surface area contributed by atoms with Gasteiger partial charge in [-0.05, 0) is 36.4 Å². The maximum absolute atomic E-state index is 13.4. The molecule has 0 aromatic heterocycles. The zero-order chi connectivity index (χ0) is 34.1. The maximum atomic E-state index is 13.4. The largest absolute Gasteiger partial charge is 0.504 e. The number of hydrogen-bond donors (Lipinski definition) is 13. The molecule has 0 aliphatic carbocycles. The lowest BCUT2D eigenvalue weighted by Crippen LogP contribution is -2.65. The quantitative estimate of drug-likeness (QED) is 0.0484. The first-order valence-electron chi connectivity index (χ1n) is 12.1. The van der Waals surface area contributed by atoms with Crippen LogP contribution in [0, 0.1) is 0 Å². The Hall–Kier alpha value is -5.82. The molecule has 0 bridgehead atoms. The van der Waals surface area contributed by atoms with Gasteiger partial charge in [0.15, 0.2) is 63.5 Å². The number of aromatic hydroxyl groups is 9. The van der Waals surface area contributed by atoms with Crippen molar-refractivity contribution < 1.29 is 90.3 Å². The van der Waals surface area contributed by atoms with Crippen LogP contribution in [0.25, 0.3) is 0 Å². The first kappa shape index (κ1) is 33.7. The fourth-order valence-electron chi connectivity index (χ4n) is 3.94. The molecule has 3 rings (SSSR count). The molecule has 0 spiro atoms. The van der Waals surface area contributed by atoms with Crippen LogP contribution >= 0.6 is 0 Å². The van der Waals surface area contributed by atoms with E-state index in [2.05, 4.69) is 4.74 Å². The van der Waals surface area contributed by atoms with Crippen molar-refractivity contribution in [1.29, 1.82) is 0 Å². The van der Waals surface area contributed by atoms with E-state index in [0.717, 1.165) is 0 Å². The van der Waals surface area contributed by atoms with Gasteiger partial charge in [-0.2, -0.15) is 0 Å². The van der Waals surface area contributed by atoms with E-state index in [-0.39, 0.29) is 0 Å². The van der Waals surface area contributed by atoms with Crippen LogP contribution < -0.4 is 0 Å². The van der Waals surface area contributed by atoms with Gasteiger partial charge in [0.05, 0.1) is 5.56 Å². The Morgan fingerprint density at radius 3 is 1.36 bits per heavy atom. The van der Waals surface area contributed by atoms with E-state index in [1.807, 2.05) is 0 Å². The second-order valence-electron chi connectivity index (χ2n) is 9.45. The number of benzene rings is 3. The second-order valence-corrected chi connectivity index (χ2v) is 9.45. The average Bonchev–Trinajstić information content (AvgIpc) is 3.00. The highest BCUT2D eigenvalue weighted by Crippen LogP contribution is 2.39. The molecule has 45 heavy (non-hydrogen) atoms. The Balaban J connectivity index is 2.01. The molecule has 0 unspecified atom stereocenters. The number of aliphatic hydroxyl groups is 4. The second kappa shape index (κ2) is 12.4. The summed E-state index contributed by atoms with van der Waals surface area (Å²) < 4.78 is 4.69. The lowest BCUT2D eigenvalue weighted by Gasteiger charge is -2.36. The summed E-state index contributed by atoms with van der Waals surface area (Å²) in [6.45, 7) is -1.36. The molecule has 0 saturated heterocycles. The zero-order valence-electron chi connectivity index (χ0n) is 22.3. The van der Waals surface area contributed by atoms with Crippen molar-refractivity contribution >= 4 is 23.3 Å². The van der Waals surface area contributed by atoms with Gasteiger partial charge in [-0.15, -0.1) is 0 Å². The van der Waals surface area contributed by atoms with Crippen LogP contribution in [0.15, 0.2) is 36.4 Å². The first-order valence-corrected chi connectivity index (χ1v) is 12.1. The predicted molar refractivity (Wildman–Crippen MR) is 141 cm³/mol. The maximum Gasteiger partial charge on any atom is 0.338 e. The van der Waals surface area contributed by atoms with E-state index in [0.29, 0.717) is 36.4 Å². The summed E-state index contributed by atoms with van der Waals surface area (Å²) in [6, 6.07) is 2.92. The number of phenols is 9. The Morgan fingerprint density at radius 2 is 0.956 bits per heavy atom. The highest BCUT2D eigenvalue weighted by atomic mass is 16.5. The Morgan fingerprint density at radius 1 is 0.600 bits per heavy atom. The third kappa shape index (κ3) is 6.28. The molecule has 240 valence electrons. The van der Waals surface area contributed by atoms with Crippen molar-refractivity contribution in [3.05, 3.63) is 53.1 Å². The summed E-state index contributed by atoms with van der Waals surface area (Å²) in [5, 5.41) is 130. The van der Waals surface area contributed by atoms with Crippen LogP contribution in [0.1, 0.15) is 31.1 Å². The third-order valence-corrected chi connectivity index (χ3v) is 6.42. The van der Waals surface area contributed by atoms with Crippen molar-refractivity contribution in [3.8, 4) is 51.7 Å². The highest BCUT2D eigenvalue weighted by molar-refractivity contribution is 6.46. The van der Waals surface area contributed by atoms with Gasteiger partial charge in [-0.1, -0.05) is 0 Å².